The van der Waals surface area contributed by atoms with Crippen LogP contribution < -0.4 is 15.2 Å². The van der Waals surface area contributed by atoms with Gasteiger partial charge in [0.05, 0.1) is 19.9 Å². The number of hydrogen-bond acceptors (Lipinski definition) is 4. The Bertz CT molecular complexity index is 623. The van der Waals surface area contributed by atoms with Crippen molar-refractivity contribution < 1.29 is 9.47 Å². The van der Waals surface area contributed by atoms with Gasteiger partial charge in [-0.2, -0.15) is 5.10 Å². The molecule has 5 nitrogen and oxygen atoms in total. The summed E-state index contributed by atoms with van der Waals surface area (Å²) in [5, 5.41) is 6.72. The summed E-state index contributed by atoms with van der Waals surface area (Å²) in [5.74, 6) is 2.58. The zero-order chi connectivity index (χ0) is 14.1. The van der Waals surface area contributed by atoms with E-state index in [1.165, 1.54) is 12.8 Å². The molecule has 1 aliphatic rings. The van der Waals surface area contributed by atoms with Crippen LogP contribution in [0.3, 0.4) is 0 Å². The summed E-state index contributed by atoms with van der Waals surface area (Å²) in [7, 11) is 1.63. The van der Waals surface area contributed by atoms with Crippen molar-refractivity contribution >= 4 is 21.7 Å². The van der Waals surface area contributed by atoms with E-state index in [9.17, 15) is 0 Å². The van der Waals surface area contributed by atoms with Crippen LogP contribution in [0.4, 0.5) is 5.82 Å². The fraction of sp³-hybridized carbons (Fsp3) is 0.357. The fourth-order valence-electron chi connectivity index (χ4n) is 2.08. The van der Waals surface area contributed by atoms with Gasteiger partial charge in [-0.05, 0) is 30.9 Å². The molecule has 3 N–H and O–H groups in total. The van der Waals surface area contributed by atoms with E-state index >= 15 is 0 Å². The molecule has 1 aromatic heterocycles. The maximum Gasteiger partial charge on any atom is 0.170 e. The summed E-state index contributed by atoms with van der Waals surface area (Å²) in [6.45, 7) is 0.706. The van der Waals surface area contributed by atoms with E-state index in [0.29, 0.717) is 29.8 Å². The van der Waals surface area contributed by atoms with Crippen molar-refractivity contribution in [3.05, 3.63) is 22.8 Å². The molecule has 0 atom stereocenters. The first-order valence-corrected chi connectivity index (χ1v) is 7.28. The smallest absolute Gasteiger partial charge is 0.170 e. The number of ether oxygens (including phenoxy) is 2. The molecule has 0 spiro atoms. The molecular weight excluding hydrogens is 322 g/mol. The Hall–Kier alpha value is -1.69. The van der Waals surface area contributed by atoms with E-state index < -0.39 is 0 Å². The van der Waals surface area contributed by atoms with Gasteiger partial charge in [0.15, 0.2) is 11.5 Å². The van der Waals surface area contributed by atoms with Crippen molar-refractivity contribution in [2.75, 3.05) is 19.5 Å². The molecular formula is C14H16BrN3O2. The zero-order valence-electron chi connectivity index (χ0n) is 11.1. The predicted molar refractivity (Wildman–Crippen MR) is 80.9 cm³/mol. The lowest BCUT2D eigenvalue weighted by molar-refractivity contribution is 0.281. The van der Waals surface area contributed by atoms with Gasteiger partial charge in [-0.3, -0.25) is 5.10 Å². The summed E-state index contributed by atoms with van der Waals surface area (Å²) in [6.07, 6.45) is 4.16. The second-order valence-corrected chi connectivity index (χ2v) is 5.76. The van der Waals surface area contributed by atoms with Crippen LogP contribution in [0, 0.1) is 5.92 Å². The minimum Gasteiger partial charge on any atom is -0.493 e. The third kappa shape index (κ3) is 2.47. The lowest BCUT2D eigenvalue weighted by Crippen LogP contribution is -2.03. The van der Waals surface area contributed by atoms with E-state index in [0.717, 1.165) is 15.6 Å². The number of aromatic amines is 1. The largest absolute Gasteiger partial charge is 0.493 e. The highest BCUT2D eigenvalue weighted by molar-refractivity contribution is 9.10. The number of nitrogens with two attached hydrogens (primary N) is 1. The van der Waals surface area contributed by atoms with Gasteiger partial charge in [-0.1, -0.05) is 15.9 Å². The zero-order valence-corrected chi connectivity index (χ0v) is 12.7. The summed E-state index contributed by atoms with van der Waals surface area (Å²) >= 11 is 3.56. The maximum absolute atomic E-state index is 5.99. The molecule has 0 radical (unpaired) electrons. The Balaban J connectivity index is 2.07. The Morgan fingerprint density at radius 2 is 2.25 bits per heavy atom. The highest BCUT2D eigenvalue weighted by atomic mass is 79.9. The minimum atomic E-state index is 0.509. The van der Waals surface area contributed by atoms with Crippen molar-refractivity contribution in [3.63, 3.8) is 0 Å². The third-order valence-electron chi connectivity index (χ3n) is 3.39. The Labute approximate surface area is 125 Å². The lowest BCUT2D eigenvalue weighted by atomic mass is 10.1. The van der Waals surface area contributed by atoms with Crippen molar-refractivity contribution in [2.24, 2.45) is 5.92 Å². The third-order valence-corrected chi connectivity index (χ3v) is 4.05. The predicted octanol–water partition coefficient (Wildman–Crippen LogP) is 3.22. The summed E-state index contributed by atoms with van der Waals surface area (Å²) in [4.78, 5) is 0. The normalized spacial score (nSPS) is 14.3. The Morgan fingerprint density at radius 3 is 2.85 bits per heavy atom. The van der Waals surface area contributed by atoms with Gasteiger partial charge in [-0.15, -0.1) is 0 Å². The lowest BCUT2D eigenvalue weighted by Gasteiger charge is -2.16. The summed E-state index contributed by atoms with van der Waals surface area (Å²) in [6, 6.07) is 3.80. The number of anilines is 1. The average Bonchev–Trinajstić information content (AvgIpc) is 3.18. The molecule has 20 heavy (non-hydrogen) atoms. The molecule has 0 aliphatic heterocycles. The first-order chi connectivity index (χ1) is 9.70. The molecule has 0 saturated heterocycles. The molecule has 1 fully saturated rings. The molecule has 0 bridgehead atoms. The minimum absolute atomic E-state index is 0.509. The van der Waals surface area contributed by atoms with Crippen LogP contribution in [0.2, 0.25) is 0 Å². The number of nitrogen functional groups attached to an aromatic ring is 1. The van der Waals surface area contributed by atoms with Gasteiger partial charge in [0, 0.05) is 15.6 Å². The highest BCUT2D eigenvalue weighted by Crippen LogP contribution is 2.45. The molecule has 0 unspecified atom stereocenters. The summed E-state index contributed by atoms with van der Waals surface area (Å²) < 4.78 is 12.3. The van der Waals surface area contributed by atoms with Crippen molar-refractivity contribution in [1.82, 2.24) is 10.2 Å². The number of rotatable bonds is 5. The standard InChI is InChI=1S/C14H16BrN3O2/c1-19-11-5-4-10(15)12(9-6-17-18-14(9)16)13(11)20-7-8-2-3-8/h4-6,8H,2-3,7H2,1H3,(H3,16,17,18). The molecule has 0 amide bonds. The van der Waals surface area contributed by atoms with Crippen LogP contribution in [-0.2, 0) is 0 Å². The van der Waals surface area contributed by atoms with E-state index in [1.807, 2.05) is 12.1 Å². The van der Waals surface area contributed by atoms with E-state index in [2.05, 4.69) is 26.1 Å². The number of H-pyrrole nitrogens is 1. The Morgan fingerprint density at radius 1 is 1.45 bits per heavy atom. The van der Waals surface area contributed by atoms with Crippen LogP contribution in [0.5, 0.6) is 11.5 Å². The molecule has 2 aromatic rings. The quantitative estimate of drug-likeness (QED) is 0.878. The van der Waals surface area contributed by atoms with Crippen molar-refractivity contribution in [2.45, 2.75) is 12.8 Å². The molecule has 1 saturated carbocycles. The van der Waals surface area contributed by atoms with Gasteiger partial charge in [0.1, 0.15) is 5.82 Å². The number of methoxy groups -OCH3 is 1. The van der Waals surface area contributed by atoms with E-state index in [4.69, 9.17) is 15.2 Å². The van der Waals surface area contributed by atoms with Gasteiger partial charge in [0.2, 0.25) is 0 Å². The monoisotopic (exact) mass is 337 g/mol. The van der Waals surface area contributed by atoms with E-state index in [1.54, 1.807) is 13.3 Å². The maximum atomic E-state index is 5.99. The number of aromatic nitrogens is 2. The number of benzene rings is 1. The van der Waals surface area contributed by atoms with Gasteiger partial charge >= 0.3 is 0 Å². The molecule has 106 valence electrons. The Kier molecular flexibility index (Phi) is 3.56. The molecule has 6 heteroatoms. The van der Waals surface area contributed by atoms with Crippen LogP contribution in [-0.4, -0.2) is 23.9 Å². The molecule has 1 aromatic carbocycles. The first-order valence-electron chi connectivity index (χ1n) is 6.49. The molecule has 3 rings (SSSR count). The van der Waals surface area contributed by atoms with Crippen molar-refractivity contribution in [3.8, 4) is 22.6 Å². The van der Waals surface area contributed by atoms with Gasteiger partial charge in [-0.25, -0.2) is 0 Å². The first kappa shape index (κ1) is 13.3. The highest BCUT2D eigenvalue weighted by Gasteiger charge is 2.25. The van der Waals surface area contributed by atoms with E-state index in [-0.39, 0.29) is 0 Å². The van der Waals surface area contributed by atoms with Crippen LogP contribution in [0.25, 0.3) is 11.1 Å². The number of nitrogens with one attached hydrogen (secondary N) is 1. The number of nitrogens with zero attached hydrogens (tertiary/aromatic N) is 1. The van der Waals surface area contributed by atoms with Gasteiger partial charge < -0.3 is 15.2 Å². The fourth-order valence-corrected chi connectivity index (χ4v) is 2.60. The van der Waals surface area contributed by atoms with Crippen LogP contribution in [0.15, 0.2) is 22.8 Å². The number of hydrogen-bond donors (Lipinski definition) is 2. The van der Waals surface area contributed by atoms with Crippen LogP contribution in [0.1, 0.15) is 12.8 Å². The topological polar surface area (TPSA) is 73.2 Å². The number of halogens is 1. The summed E-state index contributed by atoms with van der Waals surface area (Å²) in [5.41, 5.74) is 7.61. The molecule has 1 aliphatic carbocycles. The second-order valence-electron chi connectivity index (χ2n) is 4.91. The second kappa shape index (κ2) is 5.36. The SMILES string of the molecule is COc1ccc(Br)c(-c2cn[nH]c2N)c1OCC1CC1. The van der Waals surface area contributed by atoms with Crippen LogP contribution >= 0.6 is 15.9 Å². The molecule has 1 heterocycles. The van der Waals surface area contributed by atoms with Gasteiger partial charge in [0.25, 0.3) is 0 Å². The van der Waals surface area contributed by atoms with Crippen molar-refractivity contribution in [1.29, 1.82) is 0 Å². The average molecular weight is 338 g/mol.